The first kappa shape index (κ1) is 8.55. The van der Waals surface area contributed by atoms with Crippen molar-refractivity contribution < 1.29 is 0 Å². The zero-order valence-corrected chi connectivity index (χ0v) is 6.94. The number of hydrogen-bond donors (Lipinski definition) is 2. The monoisotopic (exact) mass is 164 g/mol. The number of nitrogens with two attached hydrogens (primary N) is 2. The SMILES string of the molecule is CN(N)/C(=N\N)c1ccccc1. The number of rotatable bonds is 1. The van der Waals surface area contributed by atoms with Gasteiger partial charge in [0.05, 0.1) is 0 Å². The molecule has 1 rings (SSSR count). The summed E-state index contributed by atoms with van der Waals surface area (Å²) >= 11 is 0. The van der Waals surface area contributed by atoms with Gasteiger partial charge in [-0.05, 0) is 0 Å². The molecule has 0 aromatic heterocycles. The first-order valence-electron chi connectivity index (χ1n) is 3.57. The van der Waals surface area contributed by atoms with Crippen molar-refractivity contribution in [1.82, 2.24) is 5.01 Å². The molecule has 0 amide bonds. The van der Waals surface area contributed by atoms with E-state index in [2.05, 4.69) is 5.10 Å². The topological polar surface area (TPSA) is 67.6 Å². The molecule has 4 nitrogen and oxygen atoms in total. The number of nitrogens with zero attached hydrogens (tertiary/aromatic N) is 2. The fourth-order valence-corrected chi connectivity index (χ4v) is 0.956. The van der Waals surface area contributed by atoms with Crippen LogP contribution in [0.5, 0.6) is 0 Å². The second-order valence-corrected chi connectivity index (χ2v) is 2.43. The van der Waals surface area contributed by atoms with Gasteiger partial charge in [0, 0.05) is 12.6 Å². The minimum atomic E-state index is 0.565. The third-order valence-corrected chi connectivity index (χ3v) is 1.49. The van der Waals surface area contributed by atoms with Crippen LogP contribution in [-0.4, -0.2) is 17.9 Å². The Bertz CT molecular complexity index is 266. The van der Waals surface area contributed by atoms with Gasteiger partial charge in [-0.1, -0.05) is 30.3 Å². The van der Waals surface area contributed by atoms with E-state index in [0.717, 1.165) is 5.56 Å². The fraction of sp³-hybridized carbons (Fsp3) is 0.125. The van der Waals surface area contributed by atoms with E-state index in [4.69, 9.17) is 11.7 Å². The van der Waals surface area contributed by atoms with Crippen LogP contribution in [-0.2, 0) is 0 Å². The highest BCUT2D eigenvalue weighted by Gasteiger charge is 2.03. The summed E-state index contributed by atoms with van der Waals surface area (Å²) in [5.41, 5.74) is 0.907. The van der Waals surface area contributed by atoms with Gasteiger partial charge in [0.25, 0.3) is 0 Å². The molecule has 0 bridgehead atoms. The number of hydrogen-bond acceptors (Lipinski definition) is 3. The van der Waals surface area contributed by atoms with Crippen LogP contribution in [0.25, 0.3) is 0 Å². The predicted octanol–water partition coefficient (Wildman–Crippen LogP) is 0.112. The molecule has 0 unspecified atom stereocenters. The van der Waals surface area contributed by atoms with Crippen molar-refractivity contribution in [3.05, 3.63) is 35.9 Å². The lowest BCUT2D eigenvalue weighted by molar-refractivity contribution is 0.537. The molecule has 0 heterocycles. The third kappa shape index (κ3) is 1.73. The smallest absolute Gasteiger partial charge is 0.169 e. The molecule has 0 spiro atoms. The summed E-state index contributed by atoms with van der Waals surface area (Å²) in [7, 11) is 1.69. The maximum atomic E-state index is 5.50. The Hall–Kier alpha value is -1.55. The summed E-state index contributed by atoms with van der Waals surface area (Å²) in [6.45, 7) is 0. The average molecular weight is 164 g/mol. The molecule has 0 aliphatic carbocycles. The Kier molecular flexibility index (Phi) is 2.66. The Balaban J connectivity index is 2.97. The van der Waals surface area contributed by atoms with Crippen molar-refractivity contribution in [3.63, 3.8) is 0 Å². The van der Waals surface area contributed by atoms with E-state index in [-0.39, 0.29) is 0 Å². The van der Waals surface area contributed by atoms with Gasteiger partial charge in [0.1, 0.15) is 0 Å². The van der Waals surface area contributed by atoms with E-state index in [1.807, 2.05) is 30.3 Å². The van der Waals surface area contributed by atoms with Gasteiger partial charge in [-0.25, -0.2) is 5.84 Å². The zero-order chi connectivity index (χ0) is 8.97. The fourth-order valence-electron chi connectivity index (χ4n) is 0.956. The molecule has 0 atom stereocenters. The van der Waals surface area contributed by atoms with Crippen LogP contribution >= 0.6 is 0 Å². The van der Waals surface area contributed by atoms with Gasteiger partial charge in [-0.2, -0.15) is 5.10 Å². The largest absolute Gasteiger partial charge is 0.321 e. The van der Waals surface area contributed by atoms with Gasteiger partial charge in [-0.3, -0.25) is 5.01 Å². The normalized spacial score (nSPS) is 11.3. The Morgan fingerprint density at radius 3 is 2.33 bits per heavy atom. The van der Waals surface area contributed by atoms with E-state index < -0.39 is 0 Å². The minimum absolute atomic E-state index is 0.565. The van der Waals surface area contributed by atoms with Crippen molar-refractivity contribution in [1.29, 1.82) is 0 Å². The van der Waals surface area contributed by atoms with Crippen molar-refractivity contribution in [2.45, 2.75) is 0 Å². The molecule has 0 fully saturated rings. The highest BCUT2D eigenvalue weighted by atomic mass is 15.4. The van der Waals surface area contributed by atoms with Crippen LogP contribution in [0.4, 0.5) is 0 Å². The van der Waals surface area contributed by atoms with Crippen LogP contribution in [0.15, 0.2) is 35.4 Å². The molecule has 0 saturated carbocycles. The summed E-state index contributed by atoms with van der Waals surface area (Å²) in [5.74, 6) is 11.2. The van der Waals surface area contributed by atoms with Crippen LogP contribution in [0.3, 0.4) is 0 Å². The van der Waals surface area contributed by atoms with Gasteiger partial charge in [-0.15, -0.1) is 0 Å². The van der Waals surface area contributed by atoms with Crippen LogP contribution < -0.4 is 11.7 Å². The molecule has 1 aromatic rings. The maximum Gasteiger partial charge on any atom is 0.169 e. The van der Waals surface area contributed by atoms with Crippen molar-refractivity contribution in [2.75, 3.05) is 7.05 Å². The average Bonchev–Trinajstić information content (AvgIpc) is 2.07. The molecule has 4 heteroatoms. The summed E-state index contributed by atoms with van der Waals surface area (Å²) in [6, 6.07) is 9.53. The molecular formula is C8H12N4. The molecule has 12 heavy (non-hydrogen) atoms. The first-order valence-corrected chi connectivity index (χ1v) is 3.57. The standard InChI is InChI=1S/C8H12N4/c1-12(10)8(11-9)7-5-3-2-4-6-7/h2-6H,9-10H2,1H3/b11-8-. The lowest BCUT2D eigenvalue weighted by atomic mass is 10.2. The zero-order valence-electron chi connectivity index (χ0n) is 6.94. The molecule has 0 aliphatic rings. The van der Waals surface area contributed by atoms with Gasteiger partial charge in [0.15, 0.2) is 5.84 Å². The lowest BCUT2D eigenvalue weighted by Crippen LogP contribution is -2.34. The Morgan fingerprint density at radius 1 is 1.33 bits per heavy atom. The minimum Gasteiger partial charge on any atom is -0.321 e. The van der Waals surface area contributed by atoms with Crippen LogP contribution in [0, 0.1) is 0 Å². The summed E-state index contributed by atoms with van der Waals surface area (Å²) in [4.78, 5) is 0. The molecule has 0 saturated heterocycles. The van der Waals surface area contributed by atoms with E-state index in [0.29, 0.717) is 5.84 Å². The number of hydrazone groups is 1. The molecule has 0 aliphatic heterocycles. The van der Waals surface area contributed by atoms with Gasteiger partial charge < -0.3 is 5.84 Å². The summed E-state index contributed by atoms with van der Waals surface area (Å²) in [6.07, 6.45) is 0. The van der Waals surface area contributed by atoms with E-state index in [1.54, 1.807) is 7.05 Å². The number of benzene rings is 1. The van der Waals surface area contributed by atoms with E-state index >= 15 is 0 Å². The number of amidine groups is 1. The Labute approximate surface area is 71.4 Å². The Morgan fingerprint density at radius 2 is 1.92 bits per heavy atom. The van der Waals surface area contributed by atoms with Gasteiger partial charge in [0.2, 0.25) is 0 Å². The molecular weight excluding hydrogens is 152 g/mol. The van der Waals surface area contributed by atoms with E-state index in [1.165, 1.54) is 5.01 Å². The molecule has 64 valence electrons. The summed E-state index contributed by atoms with van der Waals surface area (Å²) < 4.78 is 0. The highest BCUT2D eigenvalue weighted by molar-refractivity contribution is 5.97. The van der Waals surface area contributed by atoms with Crippen molar-refractivity contribution >= 4 is 5.84 Å². The number of hydrazine groups is 1. The maximum absolute atomic E-state index is 5.50. The van der Waals surface area contributed by atoms with Gasteiger partial charge >= 0.3 is 0 Å². The van der Waals surface area contributed by atoms with E-state index in [9.17, 15) is 0 Å². The molecule has 0 radical (unpaired) electrons. The van der Waals surface area contributed by atoms with Crippen LogP contribution in [0.1, 0.15) is 5.56 Å². The summed E-state index contributed by atoms with van der Waals surface area (Å²) in [5, 5.41) is 4.96. The highest BCUT2D eigenvalue weighted by Crippen LogP contribution is 2.00. The van der Waals surface area contributed by atoms with Crippen molar-refractivity contribution in [2.24, 2.45) is 16.8 Å². The first-order chi connectivity index (χ1) is 5.75. The third-order valence-electron chi connectivity index (χ3n) is 1.49. The molecule has 4 N–H and O–H groups in total. The second kappa shape index (κ2) is 3.73. The lowest BCUT2D eigenvalue weighted by Gasteiger charge is -2.13. The second-order valence-electron chi connectivity index (χ2n) is 2.43. The predicted molar refractivity (Wildman–Crippen MR) is 49.1 cm³/mol. The van der Waals surface area contributed by atoms with Crippen LogP contribution in [0.2, 0.25) is 0 Å². The quantitative estimate of drug-likeness (QED) is 0.268. The van der Waals surface area contributed by atoms with Crippen molar-refractivity contribution in [3.8, 4) is 0 Å². The molecule has 1 aromatic carbocycles.